The van der Waals surface area contributed by atoms with Gasteiger partial charge in [-0.05, 0) is 57.3 Å². The highest BCUT2D eigenvalue weighted by Crippen LogP contribution is 2.34. The Labute approximate surface area is 197 Å². The number of aromatic nitrogens is 1. The summed E-state index contributed by atoms with van der Waals surface area (Å²) >= 11 is 0. The number of hydrogen-bond acceptors (Lipinski definition) is 6. The summed E-state index contributed by atoms with van der Waals surface area (Å²) in [5.74, 6) is 6.35. The summed E-state index contributed by atoms with van der Waals surface area (Å²) in [6, 6.07) is 8.08. The normalized spacial score (nSPS) is 21.2. The molecule has 1 aromatic heterocycles. The van der Waals surface area contributed by atoms with Crippen LogP contribution in [0, 0.1) is 17.8 Å². The van der Waals surface area contributed by atoms with E-state index in [1.165, 1.54) is 4.31 Å². The lowest BCUT2D eigenvalue weighted by Gasteiger charge is -2.37. The Balaban J connectivity index is 2.05. The Morgan fingerprint density at radius 2 is 2.06 bits per heavy atom. The highest BCUT2D eigenvalue weighted by Gasteiger charge is 2.38. The molecule has 0 spiro atoms. The molecule has 7 nitrogen and oxygen atoms in total. The number of nitrogens with zero attached hydrogens (tertiary/aromatic N) is 3. The van der Waals surface area contributed by atoms with E-state index in [2.05, 4.69) is 28.6 Å². The van der Waals surface area contributed by atoms with Crippen LogP contribution in [0.5, 0.6) is 5.75 Å². The van der Waals surface area contributed by atoms with Crippen LogP contribution in [-0.2, 0) is 10.0 Å². The van der Waals surface area contributed by atoms with Crippen molar-refractivity contribution in [1.82, 2.24) is 14.2 Å². The SMILES string of the molecule is CCCN(C)C[C@H]1Oc2cc(C#Cc3cccnc3)ccc2S(=O)(=O)N([C@H](C)CO)C[C@H]1C. The molecule has 3 atom stereocenters. The monoisotopic (exact) mass is 471 g/mol. The van der Waals surface area contributed by atoms with Crippen molar-refractivity contribution in [2.75, 3.05) is 33.3 Å². The van der Waals surface area contributed by atoms with Crippen molar-refractivity contribution in [3.63, 3.8) is 0 Å². The van der Waals surface area contributed by atoms with Gasteiger partial charge in [0, 0.05) is 48.6 Å². The summed E-state index contributed by atoms with van der Waals surface area (Å²) in [6.07, 6.45) is 4.16. The molecule has 0 unspecified atom stereocenters. The van der Waals surface area contributed by atoms with E-state index in [4.69, 9.17) is 4.74 Å². The van der Waals surface area contributed by atoms with E-state index in [-0.39, 0.29) is 30.1 Å². The quantitative estimate of drug-likeness (QED) is 0.652. The zero-order chi connectivity index (χ0) is 24.0. The maximum atomic E-state index is 13.5. The second-order valence-corrected chi connectivity index (χ2v) is 10.5. The number of hydrogen-bond donors (Lipinski definition) is 1. The van der Waals surface area contributed by atoms with E-state index in [1.54, 1.807) is 37.5 Å². The second kappa shape index (κ2) is 11.1. The van der Waals surface area contributed by atoms with Crippen molar-refractivity contribution in [3.05, 3.63) is 53.9 Å². The second-order valence-electron chi connectivity index (χ2n) is 8.66. The molecule has 33 heavy (non-hydrogen) atoms. The average molecular weight is 472 g/mol. The van der Waals surface area contributed by atoms with Crippen LogP contribution in [0.15, 0.2) is 47.6 Å². The van der Waals surface area contributed by atoms with E-state index in [0.717, 1.165) is 18.5 Å². The number of fused-ring (bicyclic) bond motifs is 1. The first-order chi connectivity index (χ1) is 15.8. The van der Waals surface area contributed by atoms with Crippen molar-refractivity contribution in [2.45, 2.75) is 44.2 Å². The Morgan fingerprint density at radius 1 is 1.30 bits per heavy atom. The average Bonchev–Trinajstić information content (AvgIpc) is 2.80. The molecule has 8 heteroatoms. The predicted octanol–water partition coefficient (Wildman–Crippen LogP) is 2.59. The summed E-state index contributed by atoms with van der Waals surface area (Å²) in [4.78, 5) is 6.36. The van der Waals surface area contributed by atoms with E-state index in [0.29, 0.717) is 17.9 Å². The molecular weight excluding hydrogens is 438 g/mol. The van der Waals surface area contributed by atoms with Gasteiger partial charge in [-0.25, -0.2) is 8.42 Å². The summed E-state index contributed by atoms with van der Waals surface area (Å²) < 4.78 is 34.8. The van der Waals surface area contributed by atoms with Crippen LogP contribution in [0.3, 0.4) is 0 Å². The predicted molar refractivity (Wildman–Crippen MR) is 128 cm³/mol. The fourth-order valence-corrected chi connectivity index (χ4v) is 5.71. The van der Waals surface area contributed by atoms with E-state index in [1.807, 2.05) is 26.1 Å². The van der Waals surface area contributed by atoms with Crippen LogP contribution >= 0.6 is 0 Å². The molecule has 0 saturated carbocycles. The molecule has 0 amide bonds. The lowest BCUT2D eigenvalue weighted by molar-refractivity contribution is 0.0752. The largest absolute Gasteiger partial charge is 0.487 e. The molecule has 2 aromatic rings. The fraction of sp³-hybridized carbons (Fsp3) is 0.480. The Kier molecular flexibility index (Phi) is 8.49. The standard InChI is InChI=1S/C25H33N3O4S/c1-5-13-27(4)17-24-19(2)16-28(20(3)18-29)33(30,31)25-11-10-21(14-23(25)32-24)8-9-22-7-6-12-26-15-22/h6-7,10-12,14-15,19-20,24,29H,5,13,16-18H2,1-4H3/t19-,20-,24-/m1/s1. The zero-order valence-electron chi connectivity index (χ0n) is 19.7. The van der Waals surface area contributed by atoms with Gasteiger partial charge in [0.1, 0.15) is 16.7 Å². The van der Waals surface area contributed by atoms with E-state index >= 15 is 0 Å². The maximum absolute atomic E-state index is 13.5. The number of aliphatic hydroxyl groups excluding tert-OH is 1. The van der Waals surface area contributed by atoms with Gasteiger partial charge < -0.3 is 14.7 Å². The number of ether oxygens (including phenoxy) is 1. The first kappa shape index (κ1) is 25.2. The Hall–Kier alpha value is -2.44. The maximum Gasteiger partial charge on any atom is 0.247 e. The van der Waals surface area contributed by atoms with Gasteiger partial charge in [-0.2, -0.15) is 4.31 Å². The summed E-state index contributed by atoms with van der Waals surface area (Å²) in [7, 11) is -1.81. The molecule has 0 aliphatic carbocycles. The van der Waals surface area contributed by atoms with Crippen molar-refractivity contribution in [3.8, 4) is 17.6 Å². The summed E-state index contributed by atoms with van der Waals surface area (Å²) in [5.41, 5.74) is 1.43. The van der Waals surface area contributed by atoms with Gasteiger partial charge in [0.2, 0.25) is 10.0 Å². The van der Waals surface area contributed by atoms with Crippen LogP contribution in [-0.4, -0.2) is 73.1 Å². The lowest BCUT2D eigenvalue weighted by atomic mass is 10.0. The van der Waals surface area contributed by atoms with Crippen molar-refractivity contribution >= 4 is 10.0 Å². The molecule has 3 rings (SSSR count). The molecule has 1 aliphatic heterocycles. The first-order valence-electron chi connectivity index (χ1n) is 11.3. The minimum Gasteiger partial charge on any atom is -0.487 e. The molecule has 1 aliphatic rings. The number of benzene rings is 1. The van der Waals surface area contributed by atoms with E-state index < -0.39 is 16.1 Å². The molecule has 1 N–H and O–H groups in total. The molecule has 2 heterocycles. The highest BCUT2D eigenvalue weighted by atomic mass is 32.2. The van der Waals surface area contributed by atoms with Crippen molar-refractivity contribution in [1.29, 1.82) is 0 Å². The van der Waals surface area contributed by atoms with Crippen LogP contribution < -0.4 is 4.74 Å². The molecule has 178 valence electrons. The molecule has 0 fully saturated rings. The van der Waals surface area contributed by atoms with Gasteiger partial charge in [0.05, 0.1) is 6.61 Å². The third-order valence-electron chi connectivity index (χ3n) is 5.78. The first-order valence-corrected chi connectivity index (χ1v) is 12.7. The summed E-state index contributed by atoms with van der Waals surface area (Å²) in [6.45, 7) is 7.45. The molecular formula is C25H33N3O4S. The molecule has 0 saturated heterocycles. The topological polar surface area (TPSA) is 83.0 Å². The van der Waals surface area contributed by atoms with Crippen molar-refractivity contribution < 1.29 is 18.3 Å². The number of likely N-dealkylation sites (N-methyl/N-ethyl adjacent to an activating group) is 1. The Morgan fingerprint density at radius 3 is 2.73 bits per heavy atom. The minimum atomic E-state index is -3.86. The van der Waals surface area contributed by atoms with Gasteiger partial charge in [-0.3, -0.25) is 4.98 Å². The number of rotatable bonds is 6. The van der Waals surface area contributed by atoms with Gasteiger partial charge in [0.15, 0.2) is 0 Å². The minimum absolute atomic E-state index is 0.0774. The third-order valence-corrected chi connectivity index (χ3v) is 7.80. The van der Waals surface area contributed by atoms with Gasteiger partial charge in [-0.15, -0.1) is 0 Å². The van der Waals surface area contributed by atoms with Crippen molar-refractivity contribution in [2.24, 2.45) is 5.92 Å². The van der Waals surface area contributed by atoms with Crippen LogP contribution in [0.2, 0.25) is 0 Å². The molecule has 1 aromatic carbocycles. The van der Waals surface area contributed by atoms with Gasteiger partial charge in [0.25, 0.3) is 0 Å². The van der Waals surface area contributed by atoms with Gasteiger partial charge in [-0.1, -0.05) is 25.7 Å². The summed E-state index contributed by atoms with van der Waals surface area (Å²) in [5, 5.41) is 9.75. The number of sulfonamides is 1. The van der Waals surface area contributed by atoms with E-state index in [9.17, 15) is 13.5 Å². The smallest absolute Gasteiger partial charge is 0.247 e. The Bertz CT molecular complexity index is 1100. The van der Waals surface area contributed by atoms with Crippen LogP contribution in [0.25, 0.3) is 0 Å². The van der Waals surface area contributed by atoms with Crippen LogP contribution in [0.4, 0.5) is 0 Å². The number of pyridine rings is 1. The highest BCUT2D eigenvalue weighted by molar-refractivity contribution is 7.89. The lowest BCUT2D eigenvalue weighted by Crippen LogP contribution is -2.49. The molecule has 0 bridgehead atoms. The zero-order valence-corrected chi connectivity index (χ0v) is 20.5. The molecule has 0 radical (unpaired) electrons. The fourth-order valence-electron chi connectivity index (χ4n) is 3.88. The number of aliphatic hydroxyl groups is 1. The van der Waals surface area contributed by atoms with Gasteiger partial charge >= 0.3 is 0 Å². The van der Waals surface area contributed by atoms with Crippen LogP contribution in [0.1, 0.15) is 38.3 Å². The third kappa shape index (κ3) is 6.12.